The first-order valence-corrected chi connectivity index (χ1v) is 8.45. The van der Waals surface area contributed by atoms with Crippen LogP contribution in [0.25, 0.3) is 0 Å². The number of amides is 1. The minimum absolute atomic E-state index is 0. The number of hydrogen-bond acceptors (Lipinski definition) is 4. The number of thiophene rings is 1. The number of nitrogens with zero attached hydrogens (tertiary/aromatic N) is 2. The van der Waals surface area contributed by atoms with Gasteiger partial charge in [-0.2, -0.15) is 5.10 Å². The average Bonchev–Trinajstić information content (AvgIpc) is 3.16. The van der Waals surface area contributed by atoms with Gasteiger partial charge in [0.1, 0.15) is 0 Å². The molecule has 2 aromatic rings. The zero-order valence-electron chi connectivity index (χ0n) is 12.1. The van der Waals surface area contributed by atoms with Crippen molar-refractivity contribution in [2.75, 3.05) is 13.1 Å². The Morgan fingerprint density at radius 1 is 1.55 bits per heavy atom. The van der Waals surface area contributed by atoms with E-state index < -0.39 is 0 Å². The lowest BCUT2D eigenvalue weighted by Gasteiger charge is -2.16. The lowest BCUT2D eigenvalue weighted by molar-refractivity contribution is -0.124. The van der Waals surface area contributed by atoms with Gasteiger partial charge in [0, 0.05) is 37.1 Å². The number of carbonyl (C=O) groups excluding carboxylic acids is 1. The quantitative estimate of drug-likeness (QED) is 0.820. The highest BCUT2D eigenvalue weighted by molar-refractivity contribution is 9.11. The SMILES string of the molecule is Cl.Cn1cc([C@H]2CNC[C@@H]2C(=O)NCc2ccc(Br)s2)cn1. The lowest BCUT2D eigenvalue weighted by Crippen LogP contribution is -2.33. The first-order chi connectivity index (χ1) is 10.1. The van der Waals surface area contributed by atoms with Crippen LogP contribution < -0.4 is 10.6 Å². The largest absolute Gasteiger partial charge is 0.351 e. The van der Waals surface area contributed by atoms with Crippen molar-refractivity contribution in [1.82, 2.24) is 20.4 Å². The predicted octanol–water partition coefficient (Wildman–Crippen LogP) is 2.29. The summed E-state index contributed by atoms with van der Waals surface area (Å²) < 4.78 is 2.87. The van der Waals surface area contributed by atoms with Crippen LogP contribution in [0.2, 0.25) is 0 Å². The topological polar surface area (TPSA) is 59.0 Å². The summed E-state index contributed by atoms with van der Waals surface area (Å²) in [6, 6.07) is 4.03. The van der Waals surface area contributed by atoms with Gasteiger partial charge in [0.15, 0.2) is 0 Å². The maximum atomic E-state index is 12.4. The Kier molecular flexibility index (Phi) is 6.02. The third-order valence-electron chi connectivity index (χ3n) is 3.77. The van der Waals surface area contributed by atoms with E-state index in [9.17, 15) is 4.79 Å². The van der Waals surface area contributed by atoms with Crippen molar-refractivity contribution in [3.8, 4) is 0 Å². The molecule has 0 bridgehead atoms. The van der Waals surface area contributed by atoms with Gasteiger partial charge in [-0.3, -0.25) is 9.48 Å². The molecule has 3 heterocycles. The van der Waals surface area contributed by atoms with Crippen LogP contribution in [-0.2, 0) is 18.4 Å². The summed E-state index contributed by atoms with van der Waals surface area (Å²) in [7, 11) is 1.90. The van der Waals surface area contributed by atoms with Crippen LogP contribution in [0, 0.1) is 5.92 Å². The average molecular weight is 406 g/mol. The second kappa shape index (κ2) is 7.59. The van der Waals surface area contributed by atoms with E-state index in [-0.39, 0.29) is 30.2 Å². The van der Waals surface area contributed by atoms with Crippen LogP contribution in [-0.4, -0.2) is 28.8 Å². The molecule has 2 aromatic heterocycles. The van der Waals surface area contributed by atoms with Gasteiger partial charge in [-0.05, 0) is 33.6 Å². The smallest absolute Gasteiger partial charge is 0.225 e. The minimum Gasteiger partial charge on any atom is -0.351 e. The van der Waals surface area contributed by atoms with E-state index in [0.717, 1.165) is 27.3 Å². The highest BCUT2D eigenvalue weighted by atomic mass is 79.9. The first-order valence-electron chi connectivity index (χ1n) is 6.84. The van der Waals surface area contributed by atoms with E-state index in [2.05, 4.69) is 31.7 Å². The molecular formula is C14H18BrClN4OS. The van der Waals surface area contributed by atoms with E-state index in [4.69, 9.17) is 0 Å². The molecule has 2 N–H and O–H groups in total. The van der Waals surface area contributed by atoms with Crippen molar-refractivity contribution < 1.29 is 4.79 Å². The molecule has 3 rings (SSSR count). The van der Waals surface area contributed by atoms with Crippen molar-refractivity contribution in [2.45, 2.75) is 12.5 Å². The molecule has 8 heteroatoms. The summed E-state index contributed by atoms with van der Waals surface area (Å²) >= 11 is 5.08. The summed E-state index contributed by atoms with van der Waals surface area (Å²) in [6.07, 6.45) is 3.85. The first kappa shape index (κ1) is 17.5. The monoisotopic (exact) mass is 404 g/mol. The summed E-state index contributed by atoms with van der Waals surface area (Å²) in [5, 5.41) is 10.6. The zero-order valence-corrected chi connectivity index (χ0v) is 15.3. The molecule has 120 valence electrons. The Bertz CT molecular complexity index is 644. The molecule has 22 heavy (non-hydrogen) atoms. The van der Waals surface area contributed by atoms with Gasteiger partial charge in [-0.1, -0.05) is 0 Å². The number of carbonyl (C=O) groups is 1. The highest BCUT2D eigenvalue weighted by Crippen LogP contribution is 2.28. The molecular weight excluding hydrogens is 388 g/mol. The Morgan fingerprint density at radius 3 is 3.00 bits per heavy atom. The summed E-state index contributed by atoms with van der Waals surface area (Å²) in [6.45, 7) is 2.14. The van der Waals surface area contributed by atoms with Crippen molar-refractivity contribution in [3.05, 3.63) is 38.8 Å². The Balaban J connectivity index is 0.00000176. The van der Waals surface area contributed by atoms with E-state index >= 15 is 0 Å². The second-order valence-corrected chi connectivity index (χ2v) is 7.79. The maximum absolute atomic E-state index is 12.4. The van der Waals surface area contributed by atoms with Gasteiger partial charge in [0.25, 0.3) is 0 Å². The third-order valence-corrected chi connectivity index (χ3v) is 5.39. The molecule has 0 unspecified atom stereocenters. The molecule has 1 aliphatic heterocycles. The second-order valence-electron chi connectivity index (χ2n) is 5.24. The van der Waals surface area contributed by atoms with Crippen LogP contribution >= 0.6 is 39.7 Å². The number of hydrogen-bond donors (Lipinski definition) is 2. The van der Waals surface area contributed by atoms with E-state index in [1.54, 1.807) is 16.0 Å². The molecule has 2 atom stereocenters. The van der Waals surface area contributed by atoms with Gasteiger partial charge in [-0.15, -0.1) is 23.7 Å². The summed E-state index contributed by atoms with van der Waals surface area (Å²) in [4.78, 5) is 13.6. The Morgan fingerprint density at radius 2 is 2.36 bits per heavy atom. The molecule has 0 aromatic carbocycles. The molecule has 0 radical (unpaired) electrons. The number of nitrogens with one attached hydrogen (secondary N) is 2. The predicted molar refractivity (Wildman–Crippen MR) is 93.4 cm³/mol. The number of rotatable bonds is 4. The fourth-order valence-corrected chi connectivity index (χ4v) is 4.11. The number of aryl methyl sites for hydroxylation is 1. The minimum atomic E-state index is -0.0300. The molecule has 1 amide bonds. The fraction of sp³-hybridized carbons (Fsp3) is 0.429. The standard InChI is InChI=1S/C14H17BrN4OS.ClH/c1-19-8-9(4-18-19)11-6-16-7-12(11)14(20)17-5-10-2-3-13(15)21-10;/h2-4,8,11-12,16H,5-7H2,1H3,(H,17,20);1H/t11-,12+;/m1./s1. The Labute approximate surface area is 148 Å². The van der Waals surface area contributed by atoms with Crippen LogP contribution in [0.1, 0.15) is 16.4 Å². The van der Waals surface area contributed by atoms with Gasteiger partial charge < -0.3 is 10.6 Å². The molecule has 0 spiro atoms. The molecule has 1 aliphatic rings. The van der Waals surface area contributed by atoms with Crippen LogP contribution in [0.3, 0.4) is 0 Å². The van der Waals surface area contributed by atoms with Crippen LogP contribution in [0.5, 0.6) is 0 Å². The van der Waals surface area contributed by atoms with Crippen molar-refractivity contribution in [1.29, 1.82) is 0 Å². The maximum Gasteiger partial charge on any atom is 0.225 e. The normalized spacial score (nSPS) is 20.6. The zero-order chi connectivity index (χ0) is 14.8. The molecule has 0 saturated carbocycles. The van der Waals surface area contributed by atoms with Gasteiger partial charge in [0.05, 0.1) is 22.4 Å². The van der Waals surface area contributed by atoms with Gasteiger partial charge in [-0.25, -0.2) is 0 Å². The van der Waals surface area contributed by atoms with Crippen LogP contribution in [0.4, 0.5) is 0 Å². The van der Waals surface area contributed by atoms with E-state index in [1.807, 2.05) is 31.6 Å². The van der Waals surface area contributed by atoms with Crippen LogP contribution in [0.15, 0.2) is 28.3 Å². The highest BCUT2D eigenvalue weighted by Gasteiger charge is 2.34. The van der Waals surface area contributed by atoms with E-state index in [0.29, 0.717) is 6.54 Å². The molecule has 0 aliphatic carbocycles. The Hall–Kier alpha value is -0.890. The number of halogens is 2. The molecule has 1 fully saturated rings. The van der Waals surface area contributed by atoms with Crippen molar-refractivity contribution in [3.63, 3.8) is 0 Å². The fourth-order valence-electron chi connectivity index (χ4n) is 2.69. The molecule has 5 nitrogen and oxygen atoms in total. The lowest BCUT2D eigenvalue weighted by atomic mass is 9.90. The van der Waals surface area contributed by atoms with Gasteiger partial charge in [0.2, 0.25) is 5.91 Å². The number of aromatic nitrogens is 2. The van der Waals surface area contributed by atoms with Gasteiger partial charge >= 0.3 is 0 Å². The van der Waals surface area contributed by atoms with Crippen molar-refractivity contribution in [2.24, 2.45) is 13.0 Å². The summed E-state index contributed by atoms with van der Waals surface area (Å²) in [5.74, 6) is 0.282. The van der Waals surface area contributed by atoms with E-state index in [1.165, 1.54) is 0 Å². The van der Waals surface area contributed by atoms with Crippen molar-refractivity contribution >= 4 is 45.6 Å². The third kappa shape index (κ3) is 3.90. The molecule has 1 saturated heterocycles. The summed E-state index contributed by atoms with van der Waals surface area (Å²) in [5.41, 5.74) is 1.13.